The van der Waals surface area contributed by atoms with Crippen molar-refractivity contribution in [2.24, 2.45) is 0 Å². The molecule has 0 atom stereocenters. The second kappa shape index (κ2) is 7.98. The van der Waals surface area contributed by atoms with Gasteiger partial charge in [0.15, 0.2) is 0 Å². The van der Waals surface area contributed by atoms with Crippen molar-refractivity contribution in [3.63, 3.8) is 0 Å². The summed E-state index contributed by atoms with van der Waals surface area (Å²) in [6, 6.07) is 0. The predicted octanol–water partition coefficient (Wildman–Crippen LogP) is 7.26. The minimum absolute atomic E-state index is 1.75. The fourth-order valence-corrected chi connectivity index (χ4v) is 1.44. The lowest BCUT2D eigenvalue weighted by atomic mass is 9.85. The molecule has 0 amide bonds. The van der Waals surface area contributed by atoms with E-state index in [4.69, 9.17) is 0 Å². The molecular weight excluding hydrogens is 493 g/mol. The Morgan fingerprint density at radius 1 is 0.467 bits per heavy atom. The second-order valence-electron chi connectivity index (χ2n) is 4.76. The van der Waals surface area contributed by atoms with Gasteiger partial charge in [0.25, 0.3) is 0 Å². The van der Waals surface area contributed by atoms with Crippen LogP contribution in [0, 0.1) is 13.1 Å². The molecule has 182 valence electrons. The van der Waals surface area contributed by atoms with Crippen LogP contribution >= 0.6 is 0 Å². The van der Waals surface area contributed by atoms with Crippen LogP contribution in [-0.4, -0.2) is 47.9 Å². The molecule has 30 heavy (non-hydrogen) atoms. The number of alkyl halides is 18. The average molecular weight is 498 g/mol. The fraction of sp³-hybridized carbons (Fsp3) is 0.818. The van der Waals surface area contributed by atoms with E-state index in [0.29, 0.717) is 0 Å². The van der Waals surface area contributed by atoms with Gasteiger partial charge in [0, 0.05) is 0 Å². The monoisotopic (exact) mass is 498 g/mol. The standard InChI is InChI=1S/C9F19.C2H5/c10-1(3(13,14)15)2(11,12)5(17,18)7(21,22)6(19,20)4(16,8(23,24)25)9(26,27)28;1-2/h;1H2,2H3. The lowest BCUT2D eigenvalue weighted by Gasteiger charge is -2.43. The van der Waals surface area contributed by atoms with E-state index in [-0.39, 0.29) is 0 Å². The van der Waals surface area contributed by atoms with Crippen molar-refractivity contribution in [2.45, 2.75) is 54.8 Å². The highest BCUT2D eigenvalue weighted by atomic mass is 19.4. The van der Waals surface area contributed by atoms with Crippen LogP contribution in [0.5, 0.6) is 0 Å². The van der Waals surface area contributed by atoms with Crippen LogP contribution in [0.3, 0.4) is 0 Å². The molecule has 0 bridgehead atoms. The second-order valence-corrected chi connectivity index (χ2v) is 4.76. The maximum absolute atomic E-state index is 13.1. The Hall–Kier alpha value is -1.33. The highest BCUT2D eigenvalue weighted by molar-refractivity contribution is 5.20. The van der Waals surface area contributed by atoms with Gasteiger partial charge < -0.3 is 0 Å². The van der Waals surface area contributed by atoms with Crippen molar-refractivity contribution in [1.82, 2.24) is 0 Å². The molecule has 0 spiro atoms. The Morgan fingerprint density at radius 3 is 0.933 bits per heavy atom. The van der Waals surface area contributed by atoms with Gasteiger partial charge in [0.05, 0.1) is 0 Å². The van der Waals surface area contributed by atoms with E-state index in [1.54, 1.807) is 6.92 Å². The van der Waals surface area contributed by atoms with Crippen LogP contribution in [0.2, 0.25) is 0 Å². The van der Waals surface area contributed by atoms with E-state index in [1.165, 1.54) is 0 Å². The van der Waals surface area contributed by atoms with Gasteiger partial charge in [0.1, 0.15) is 0 Å². The first-order chi connectivity index (χ1) is 12.7. The summed E-state index contributed by atoms with van der Waals surface area (Å²) in [6.45, 7) is 5.00. The van der Waals surface area contributed by atoms with Gasteiger partial charge in [-0.2, -0.15) is 74.6 Å². The summed E-state index contributed by atoms with van der Waals surface area (Å²) in [6.07, 6.45) is -29.2. The zero-order valence-electron chi connectivity index (χ0n) is 13.4. The first kappa shape index (κ1) is 30.9. The smallest absolute Gasteiger partial charge is 0.222 e. The van der Waals surface area contributed by atoms with E-state index < -0.39 is 54.1 Å². The number of rotatable bonds is 5. The molecule has 0 fully saturated rings. The molecule has 0 heterocycles. The normalized spacial score (nSPS) is 15.8. The highest BCUT2D eigenvalue weighted by Gasteiger charge is 2.96. The molecule has 0 unspecified atom stereocenters. The van der Waals surface area contributed by atoms with Crippen molar-refractivity contribution in [3.8, 4) is 0 Å². The van der Waals surface area contributed by atoms with Crippen molar-refractivity contribution in [2.75, 3.05) is 0 Å². The van der Waals surface area contributed by atoms with Crippen molar-refractivity contribution in [3.05, 3.63) is 13.1 Å². The Bertz CT molecular complexity index is 547. The lowest BCUT2D eigenvalue weighted by Crippen LogP contribution is -2.76. The first-order valence-electron chi connectivity index (χ1n) is 6.30. The Labute approximate surface area is 153 Å². The Kier molecular flexibility index (Phi) is 8.21. The molecule has 19 heteroatoms. The maximum Gasteiger partial charge on any atom is 0.438 e. The van der Waals surface area contributed by atoms with Gasteiger partial charge in [-0.3, -0.25) is 0 Å². The summed E-state index contributed by atoms with van der Waals surface area (Å²) in [5, 5.41) is 0. The number of halogens is 19. The van der Waals surface area contributed by atoms with Gasteiger partial charge in [-0.1, -0.05) is 13.8 Å². The molecule has 0 aliphatic rings. The maximum atomic E-state index is 13.1. The Morgan fingerprint density at radius 2 is 0.733 bits per heavy atom. The molecule has 0 nitrogen and oxygen atoms in total. The summed E-state index contributed by atoms with van der Waals surface area (Å²) in [7, 11) is 0. The molecule has 0 aromatic carbocycles. The van der Waals surface area contributed by atoms with Crippen LogP contribution in [0.4, 0.5) is 83.4 Å². The molecule has 0 saturated carbocycles. The van der Waals surface area contributed by atoms with Gasteiger partial charge >= 0.3 is 54.1 Å². The van der Waals surface area contributed by atoms with E-state index >= 15 is 0 Å². The predicted molar refractivity (Wildman–Crippen MR) is 57.2 cm³/mol. The quantitative estimate of drug-likeness (QED) is 0.350. The number of hydrogen-bond acceptors (Lipinski definition) is 0. The summed E-state index contributed by atoms with van der Waals surface area (Å²) in [5.41, 5.74) is -8.66. The summed E-state index contributed by atoms with van der Waals surface area (Å²) >= 11 is 0. The summed E-state index contributed by atoms with van der Waals surface area (Å²) in [4.78, 5) is 0. The van der Waals surface area contributed by atoms with E-state index in [0.717, 1.165) is 0 Å². The van der Waals surface area contributed by atoms with Crippen LogP contribution in [-0.2, 0) is 0 Å². The van der Waals surface area contributed by atoms with Crippen molar-refractivity contribution in [1.29, 1.82) is 0 Å². The van der Waals surface area contributed by atoms with Crippen molar-refractivity contribution < 1.29 is 83.4 Å². The zero-order chi connectivity index (χ0) is 25.6. The minimum Gasteiger partial charge on any atom is -0.222 e. The van der Waals surface area contributed by atoms with Gasteiger partial charge in [-0.05, 0) is 0 Å². The largest absolute Gasteiger partial charge is 0.438 e. The molecule has 0 aromatic heterocycles. The lowest BCUT2D eigenvalue weighted by molar-refractivity contribution is -0.458. The van der Waals surface area contributed by atoms with Crippen molar-refractivity contribution >= 4 is 0 Å². The zero-order valence-corrected chi connectivity index (χ0v) is 13.4. The van der Waals surface area contributed by atoms with Crippen LogP contribution < -0.4 is 0 Å². The van der Waals surface area contributed by atoms with Gasteiger partial charge in [0.2, 0.25) is 0 Å². The van der Waals surface area contributed by atoms with Crippen LogP contribution in [0.25, 0.3) is 0 Å². The highest BCUT2D eigenvalue weighted by Crippen LogP contribution is 2.65. The topological polar surface area (TPSA) is 0 Å². The molecule has 2 radical (unpaired) electrons. The average Bonchev–Trinajstić information content (AvgIpc) is 2.51. The van der Waals surface area contributed by atoms with Crippen LogP contribution in [0.15, 0.2) is 0 Å². The van der Waals surface area contributed by atoms with E-state index in [9.17, 15) is 83.4 Å². The van der Waals surface area contributed by atoms with Gasteiger partial charge in [-0.15, -0.1) is 0 Å². The SMILES string of the molecule is F[C](C(F)(F)F)C(F)(F)C(F)(F)C(F)(F)C(F)(F)C(F)(C(F)(F)F)C(F)(F)F.[CH2]C. The molecular formula is C11H5F19. The Balaban J connectivity index is 0. The van der Waals surface area contributed by atoms with Crippen LogP contribution in [0.1, 0.15) is 6.92 Å². The fourth-order valence-electron chi connectivity index (χ4n) is 1.44. The molecule has 0 aliphatic carbocycles. The third-order valence-electron chi connectivity index (χ3n) is 2.92. The molecule has 0 aromatic rings. The van der Waals surface area contributed by atoms with E-state index in [2.05, 4.69) is 6.92 Å². The number of hydrogen-bond donors (Lipinski definition) is 0. The third-order valence-corrected chi connectivity index (χ3v) is 2.92. The van der Waals surface area contributed by atoms with E-state index in [1.807, 2.05) is 0 Å². The first-order valence-corrected chi connectivity index (χ1v) is 6.30. The molecule has 0 N–H and O–H groups in total. The molecule has 0 rings (SSSR count). The third kappa shape index (κ3) is 4.20. The summed E-state index contributed by atoms with van der Waals surface area (Å²) < 4.78 is 236. The molecule has 0 saturated heterocycles. The minimum atomic E-state index is -8.91. The molecule has 0 aliphatic heterocycles. The van der Waals surface area contributed by atoms with Gasteiger partial charge in [-0.25, -0.2) is 8.78 Å². The summed E-state index contributed by atoms with van der Waals surface area (Å²) in [5.74, 6) is -34.6.